The van der Waals surface area contributed by atoms with Gasteiger partial charge in [0, 0.05) is 55.8 Å². The predicted octanol–water partition coefficient (Wildman–Crippen LogP) is 34.4. The molecule has 0 spiro atoms. The van der Waals surface area contributed by atoms with Crippen LogP contribution in [-0.4, -0.2) is 11.3 Å². The second-order valence-corrected chi connectivity index (χ2v) is 48.9. The highest BCUT2D eigenvalue weighted by molar-refractivity contribution is 7.00. The van der Waals surface area contributed by atoms with E-state index >= 15 is 0 Å². The van der Waals surface area contributed by atoms with E-state index in [2.05, 4.69) is 119 Å². The third-order valence-electron chi connectivity index (χ3n) is 25.5. The van der Waals surface area contributed by atoms with Gasteiger partial charge >= 0.3 is 0 Å². The van der Waals surface area contributed by atoms with Crippen LogP contribution < -0.4 is 26.2 Å². The number of anilines is 6. The van der Waals surface area contributed by atoms with Gasteiger partial charge in [0.2, 0.25) is 0 Å². The van der Waals surface area contributed by atoms with E-state index in [1.165, 1.54) is 4.57 Å². The minimum Gasteiger partial charge on any atom is -0.310 e. The molecular weight excluding hydrogens is 1570 g/mol. The van der Waals surface area contributed by atoms with Gasteiger partial charge in [-0.25, -0.2) is 0 Å². The summed E-state index contributed by atoms with van der Waals surface area (Å²) in [7, 11) is 0. The molecule has 0 unspecified atom stereocenters. The lowest BCUT2D eigenvalue weighted by atomic mass is 9.33. The summed E-state index contributed by atoms with van der Waals surface area (Å²) < 4.78 is 284. The van der Waals surface area contributed by atoms with Gasteiger partial charge < -0.3 is 14.4 Å². The predicted molar refractivity (Wildman–Crippen MR) is 572 cm³/mol. The third-order valence-corrected chi connectivity index (χ3v) is 25.5. The summed E-state index contributed by atoms with van der Waals surface area (Å²) in [5, 5.41) is -0.731. The highest BCUT2D eigenvalue weighted by atomic mass is 15.2. The molecule has 0 amide bonds. The van der Waals surface area contributed by atoms with E-state index in [1.807, 2.05) is 119 Å². The Morgan fingerprint density at radius 1 is 0.215 bits per heavy atom. The quantitative estimate of drug-likeness (QED) is 0.133. The van der Waals surface area contributed by atoms with Gasteiger partial charge in [0.25, 0.3) is 6.71 Å². The average Bonchev–Trinajstić information content (AvgIpc) is 0.921. The molecular formula is C126H148BN3. The minimum absolute atomic E-state index is 0.000387. The van der Waals surface area contributed by atoms with E-state index in [4.69, 9.17) is 0 Å². The molecule has 0 atom stereocenters. The van der Waals surface area contributed by atoms with Crippen molar-refractivity contribution in [3.05, 3.63) is 309 Å². The van der Waals surface area contributed by atoms with Gasteiger partial charge in [-0.2, -0.15) is 0 Å². The first-order valence-electron chi connectivity index (χ1n) is 59.2. The Morgan fingerprint density at radius 2 is 0.477 bits per heavy atom. The molecule has 13 aromatic carbocycles. The van der Waals surface area contributed by atoms with Crippen LogP contribution in [0.15, 0.2) is 242 Å². The summed E-state index contributed by atoms with van der Waals surface area (Å²) in [6.07, 6.45) is 0. The van der Waals surface area contributed by atoms with E-state index in [9.17, 15) is 35.6 Å². The van der Waals surface area contributed by atoms with Crippen LogP contribution in [0.25, 0.3) is 94.3 Å². The van der Waals surface area contributed by atoms with Gasteiger partial charge in [-0.05, 0) is 253 Å². The molecule has 16 rings (SSSR count). The second kappa shape index (κ2) is 31.5. The highest BCUT2D eigenvalue weighted by Crippen LogP contribution is 2.58. The highest BCUT2D eigenvalue weighted by Gasteiger charge is 2.47. The maximum atomic E-state index is 11.9. The fourth-order valence-electron chi connectivity index (χ4n) is 17.2. The van der Waals surface area contributed by atoms with Crippen LogP contribution in [0.1, 0.15) is 352 Å². The van der Waals surface area contributed by atoms with Crippen LogP contribution >= 0.6 is 0 Å². The molecule has 130 heavy (non-hydrogen) atoms. The first-order chi connectivity index (χ1) is 70.9. The second-order valence-electron chi connectivity index (χ2n) is 48.9. The van der Waals surface area contributed by atoms with E-state index in [-0.39, 0.29) is 146 Å². The van der Waals surface area contributed by atoms with E-state index in [0.717, 1.165) is 22.3 Å². The summed E-state index contributed by atoms with van der Waals surface area (Å²) in [5.74, 6) is 0. The number of hydrogen-bond donors (Lipinski definition) is 0. The van der Waals surface area contributed by atoms with Gasteiger partial charge in [0.1, 0.15) is 0 Å². The molecule has 14 aromatic rings. The Morgan fingerprint density at radius 3 is 0.754 bits per heavy atom. The lowest BCUT2D eigenvalue weighted by Crippen LogP contribution is -2.61. The standard InChI is InChI=1S/C126H148BN3/c1-115(2,3)85-51-45-77(46-52-85)100-71-95(125(31,32)33)73-102(83-61-91(121(19,20)21)69-92(62-83)122(22,23)24)113(100)129-108-65-79(81-57-87(117(7,8)9)67-88(58-81)118(10,11)12)49-55-104(108)127-105-56-50-80(82-59-89(119(13,14)15)68-90(60-82)120(16,17)18)66-109(105)130(111-76-97(75-110(129)112(111)127)128-106-43-39-37-41-98(106)99-42-38-40-44-107(99)128)114-101(78-47-53-86(54-48-78)116(4,5)6)72-96(126(34,35)36)74-103(114)84-63-93(123(25,26)27)70-94(64-84)124(28,29)30/h37-76H,1-36H3/i37D,38D,39D,40D,41D,42D,43D,44D,45D,46D,47D,48D,51D,52D,53D,54D,61D,62D,63D,64D,69D,70D,71D,72D,73D,74D. The normalized spacial score (nSPS) is 16.8. The van der Waals surface area contributed by atoms with Crippen molar-refractivity contribution in [1.29, 1.82) is 0 Å². The van der Waals surface area contributed by atoms with Crippen LogP contribution in [0.3, 0.4) is 0 Å². The van der Waals surface area contributed by atoms with Gasteiger partial charge in [-0.1, -0.05) is 431 Å². The zero-order valence-electron chi connectivity index (χ0n) is 110. The Hall–Kier alpha value is -10.7. The fraction of sp³-hybridized carbons (Fsp3) is 0.381. The van der Waals surface area contributed by atoms with Crippen LogP contribution in [-0.2, 0) is 65.0 Å². The molecule has 2 aliphatic rings. The third kappa shape index (κ3) is 17.5. The molecule has 1 aromatic heterocycles. The van der Waals surface area contributed by atoms with Gasteiger partial charge in [0.15, 0.2) is 0 Å². The largest absolute Gasteiger partial charge is 0.310 e. The number of benzene rings is 13. The lowest BCUT2D eigenvalue weighted by molar-refractivity contribution is 0.568. The molecule has 0 aliphatic carbocycles. The molecule has 0 N–H and O–H groups in total. The van der Waals surface area contributed by atoms with Crippen LogP contribution in [0.5, 0.6) is 0 Å². The van der Waals surface area contributed by atoms with Crippen molar-refractivity contribution in [3.8, 4) is 72.4 Å². The monoisotopic (exact) mass is 1740 g/mol. The van der Waals surface area contributed by atoms with E-state index < -0.39 is 239 Å². The maximum absolute atomic E-state index is 11.9. The van der Waals surface area contributed by atoms with Crippen molar-refractivity contribution in [1.82, 2.24) is 4.57 Å². The molecule has 0 fully saturated rings. The van der Waals surface area contributed by atoms with E-state index in [0.29, 0.717) is 33.2 Å². The SMILES string of the molecule is [2H]c1c([2H])c(C(C)(C)C)c([2H])c([2H])c1-c1c([2H])c(C(C)(C)C)c([2H])c(-c2c([2H])c(C(C)(C)C)c([2H])c(C(C)(C)C)c2[2H])c1N1c2cc(-c3cc(C(C)(C)C)cc(C(C)(C)C)c3)ccc2B2c3ccc(-c4cc(C(C)(C)C)cc(C(C)(C)C)c4)cc3N(c3c(-c4c([2H])c([2H])c(C(C)(C)C)c([2H])c4[2H])c([2H])c(C(C)(C)C)c([2H])c3-c3c([2H])c(C(C)(C)C)c([2H])c(C(C)(C)C)c3[2H])c3cc(-n4c5c([2H])c([2H])c([2H])c([2H])c5c5c([2H])c([2H])c([2H])c([2H])c54)cc1c32. The molecule has 0 bridgehead atoms. The minimum atomic E-state index is -1.36. The Balaban J connectivity index is 1.36. The Bertz CT molecular complexity index is 7800. The average molecular weight is 1740 g/mol. The van der Waals surface area contributed by atoms with Gasteiger partial charge in [-0.3, -0.25) is 0 Å². The summed E-state index contributed by atoms with van der Waals surface area (Å²) in [6.45, 7) is 67.6. The number of rotatable bonds is 9. The molecule has 4 heteroatoms. The fourth-order valence-corrected chi connectivity index (χ4v) is 17.2. The van der Waals surface area contributed by atoms with Crippen LogP contribution in [0.2, 0.25) is 0 Å². The first kappa shape index (κ1) is 65.0. The number of nitrogens with zero attached hydrogens (tertiary/aromatic N) is 3. The van der Waals surface area contributed by atoms with Crippen molar-refractivity contribution in [2.24, 2.45) is 0 Å². The summed E-state index contributed by atoms with van der Waals surface area (Å²) in [5.41, 5.74) is -8.38. The van der Waals surface area contributed by atoms with Gasteiger partial charge in [-0.15, -0.1) is 0 Å². The van der Waals surface area contributed by atoms with E-state index in [1.54, 1.807) is 105 Å². The molecule has 670 valence electrons. The Kier molecular flexibility index (Phi) is 15.8. The topological polar surface area (TPSA) is 11.4 Å². The smallest absolute Gasteiger partial charge is 0.252 e. The number of aromatic nitrogens is 1. The first-order valence-corrected chi connectivity index (χ1v) is 46.2. The molecule has 3 nitrogen and oxygen atoms in total. The molecule has 0 saturated heterocycles. The zero-order chi connectivity index (χ0) is 117. The molecule has 0 saturated carbocycles. The lowest BCUT2D eigenvalue weighted by Gasteiger charge is -2.46. The van der Waals surface area contributed by atoms with Gasteiger partial charge in [0.05, 0.1) is 63.7 Å². The van der Waals surface area contributed by atoms with Crippen molar-refractivity contribution in [2.75, 3.05) is 9.80 Å². The van der Waals surface area contributed by atoms with Crippen LogP contribution in [0, 0.1) is 0 Å². The van der Waals surface area contributed by atoms with Crippen molar-refractivity contribution < 1.29 is 35.6 Å². The van der Waals surface area contributed by atoms with Crippen molar-refractivity contribution >= 4 is 79.0 Å². The van der Waals surface area contributed by atoms with Crippen molar-refractivity contribution in [2.45, 2.75) is 314 Å². The maximum Gasteiger partial charge on any atom is 0.252 e. The zero-order valence-corrected chi connectivity index (χ0v) is 84.0. The summed E-state index contributed by atoms with van der Waals surface area (Å²) in [6, 6.07) is 13.5. The summed E-state index contributed by atoms with van der Waals surface area (Å²) >= 11 is 0. The number of hydrogen-bond acceptors (Lipinski definition) is 2. The van der Waals surface area contributed by atoms with Crippen LogP contribution in [0.4, 0.5) is 34.1 Å². The molecule has 0 radical (unpaired) electrons. The number of para-hydroxylation sites is 2. The van der Waals surface area contributed by atoms with Crippen molar-refractivity contribution in [3.63, 3.8) is 0 Å². The Labute approximate surface area is 820 Å². The molecule has 3 heterocycles. The number of fused-ring (bicyclic) bond motifs is 7. The molecule has 2 aliphatic heterocycles. The summed E-state index contributed by atoms with van der Waals surface area (Å²) in [4.78, 5) is 3.48.